The minimum atomic E-state index is 0. The molecule has 0 saturated heterocycles. The molecule has 0 fully saturated rings. The Morgan fingerprint density at radius 1 is 0.667 bits per heavy atom. The van der Waals surface area contributed by atoms with Crippen molar-refractivity contribution in [3.8, 4) is 0 Å². The molecule has 0 spiro atoms. The molecule has 0 aromatic heterocycles. The first kappa shape index (κ1) is 115. The summed E-state index contributed by atoms with van der Waals surface area (Å²) in [5.74, 6) is 0. The van der Waals surface area contributed by atoms with Crippen molar-refractivity contribution in [2.75, 3.05) is 0 Å². The molecule has 0 aliphatic carbocycles. The fourth-order valence-electron chi connectivity index (χ4n) is 0. The average molecular weight is 277 g/mol. The Morgan fingerprint density at radius 3 is 0.667 bits per heavy atom. The summed E-state index contributed by atoms with van der Waals surface area (Å²) >= 11 is 0. The quantitative estimate of drug-likeness (QED) is 0.543. The number of hydrogen-bond acceptors (Lipinski definition) is 3. The van der Waals surface area contributed by atoms with Crippen LogP contribution < -0.4 is 0 Å². The first-order chi connectivity index (χ1) is 0. The van der Waals surface area contributed by atoms with Crippen LogP contribution in [-0.4, -0.2) is 21.9 Å². The van der Waals surface area contributed by atoms with Crippen LogP contribution in [0, 0.1) is 39.9 Å². The summed E-state index contributed by atoms with van der Waals surface area (Å²) in [6.07, 6.45) is 0. The van der Waals surface area contributed by atoms with Crippen molar-refractivity contribution < 1.29 is 80.4 Å². The van der Waals surface area contributed by atoms with Crippen molar-refractivity contribution in [2.24, 2.45) is 0 Å². The minimum Gasteiger partial charge on any atom is -0.870 e. The maximum Gasteiger partial charge on any atom is 3.00 e. The predicted octanol–water partition coefficient (Wildman–Crippen LogP) is -1.36. The minimum absolute atomic E-state index is 0. The van der Waals surface area contributed by atoms with Crippen molar-refractivity contribution >= 4 is 0 Å². The van der Waals surface area contributed by atoms with Crippen LogP contribution in [0.15, 0.2) is 0 Å². The maximum atomic E-state index is 0. The number of rotatable bonds is 0. The third-order valence-electron chi connectivity index (χ3n) is 0. The van der Waals surface area contributed by atoms with Gasteiger partial charge in [-0.15, -0.1) is 0 Å². The van der Waals surface area contributed by atoms with Crippen LogP contribution in [-0.2, 0) is 18.6 Å². The Balaban J connectivity index is 0. The normalized spacial score (nSPS) is 0. The zero-order valence-electron chi connectivity index (χ0n) is 2.64. The van der Waals surface area contributed by atoms with Crippen LogP contribution in [0.1, 0.15) is 0 Å². The first-order valence-electron chi connectivity index (χ1n) is 0. The van der Waals surface area contributed by atoms with E-state index in [0.717, 1.165) is 0 Å². The van der Waals surface area contributed by atoms with Gasteiger partial charge in [-0.05, 0) is 0 Å². The monoisotopic (exact) mass is 278 g/mol. The fraction of sp³-hybridized carbons (Fsp3) is 0. The van der Waals surface area contributed by atoms with E-state index in [-0.39, 0.29) is 80.4 Å². The van der Waals surface area contributed by atoms with Gasteiger partial charge in [-0.25, -0.2) is 0 Å². The van der Waals surface area contributed by atoms with Crippen molar-refractivity contribution in [1.82, 2.24) is 0 Å². The summed E-state index contributed by atoms with van der Waals surface area (Å²) in [4.78, 5) is 0. The van der Waals surface area contributed by atoms with Crippen LogP contribution in [0.5, 0.6) is 0 Å². The molecule has 0 atom stereocenters. The largest absolute Gasteiger partial charge is 3.00 e. The number of hydrogen-bond donors (Lipinski definition) is 0. The van der Waals surface area contributed by atoms with Gasteiger partial charge in [0.25, 0.3) is 0 Å². The van der Waals surface area contributed by atoms with Crippen LogP contribution in [0.2, 0.25) is 0 Å². The summed E-state index contributed by atoms with van der Waals surface area (Å²) in [5, 5.41) is 0. The summed E-state index contributed by atoms with van der Waals surface area (Å²) in [6, 6.07) is 0. The van der Waals surface area contributed by atoms with Crippen LogP contribution in [0.3, 0.4) is 0 Å². The van der Waals surface area contributed by atoms with E-state index < -0.39 is 0 Å². The molecule has 0 bridgehead atoms. The standard InChI is InChI=1S/Gd.4H2O.V/h;4*1H2;/q+3;;;;;/p-3. The third-order valence-corrected chi connectivity index (χ3v) is 0. The summed E-state index contributed by atoms with van der Waals surface area (Å²) in [6.45, 7) is 0. The van der Waals surface area contributed by atoms with E-state index in [0.29, 0.717) is 0 Å². The van der Waals surface area contributed by atoms with Crippen LogP contribution in [0.4, 0.5) is 0 Å². The molecule has 0 aromatic rings. The predicted molar refractivity (Wildman–Crippen MR) is 9.42 cm³/mol. The maximum absolute atomic E-state index is 0. The van der Waals surface area contributed by atoms with Gasteiger partial charge in [0, 0.05) is 18.6 Å². The summed E-state index contributed by atoms with van der Waals surface area (Å²) < 4.78 is 0. The second-order valence-electron chi connectivity index (χ2n) is 0. The van der Waals surface area contributed by atoms with E-state index >= 15 is 0 Å². The Kier molecular flexibility index (Phi) is 1400. The summed E-state index contributed by atoms with van der Waals surface area (Å²) in [7, 11) is 0. The van der Waals surface area contributed by atoms with Crippen molar-refractivity contribution in [3.63, 3.8) is 0 Å². The fourth-order valence-corrected chi connectivity index (χ4v) is 0. The molecule has 42 valence electrons. The SMILES string of the molecule is O.[Gd+3].[OH-].[OH-].[OH-].[V]. The van der Waals surface area contributed by atoms with Gasteiger partial charge >= 0.3 is 39.9 Å². The van der Waals surface area contributed by atoms with E-state index in [4.69, 9.17) is 0 Å². The zero-order chi connectivity index (χ0) is 0. The molecule has 4 nitrogen and oxygen atoms in total. The van der Waals surface area contributed by atoms with Gasteiger partial charge in [0.15, 0.2) is 0 Å². The van der Waals surface area contributed by atoms with Crippen LogP contribution in [0.25, 0.3) is 0 Å². The first-order valence-corrected chi connectivity index (χ1v) is 0. The Bertz CT molecular complexity index is 7.51. The zero-order valence-corrected chi connectivity index (χ0v) is 6.31. The molecule has 0 heterocycles. The van der Waals surface area contributed by atoms with Gasteiger partial charge in [0.1, 0.15) is 0 Å². The molecule has 0 aliphatic heterocycles. The van der Waals surface area contributed by atoms with E-state index in [2.05, 4.69) is 0 Å². The second-order valence-corrected chi connectivity index (χ2v) is 0. The molecule has 0 unspecified atom stereocenters. The Hall–Kier alpha value is 1.75. The smallest absolute Gasteiger partial charge is 0.870 e. The molecule has 2 radical (unpaired) electrons. The van der Waals surface area contributed by atoms with Gasteiger partial charge in [-0.3, -0.25) is 0 Å². The molecule has 6 heavy (non-hydrogen) atoms. The van der Waals surface area contributed by atoms with Gasteiger partial charge in [-0.2, -0.15) is 0 Å². The van der Waals surface area contributed by atoms with Gasteiger partial charge in [-0.1, -0.05) is 0 Å². The van der Waals surface area contributed by atoms with Crippen molar-refractivity contribution in [1.29, 1.82) is 0 Å². The topological polar surface area (TPSA) is 122 Å². The van der Waals surface area contributed by atoms with E-state index in [1.54, 1.807) is 0 Å². The van der Waals surface area contributed by atoms with E-state index in [1.165, 1.54) is 0 Å². The third kappa shape index (κ3) is 42.4. The second kappa shape index (κ2) is 72.9. The van der Waals surface area contributed by atoms with Crippen molar-refractivity contribution in [2.45, 2.75) is 0 Å². The molecule has 6 heteroatoms. The molecule has 5 N–H and O–H groups in total. The molecule has 0 rings (SSSR count). The van der Waals surface area contributed by atoms with Gasteiger partial charge in [0.05, 0.1) is 0 Å². The molecule has 0 aromatic carbocycles. The van der Waals surface area contributed by atoms with Gasteiger partial charge in [0.2, 0.25) is 0 Å². The Morgan fingerprint density at radius 2 is 0.667 bits per heavy atom. The molecule has 0 amide bonds. The van der Waals surface area contributed by atoms with E-state index in [9.17, 15) is 0 Å². The molecule has 0 saturated carbocycles. The summed E-state index contributed by atoms with van der Waals surface area (Å²) in [5.41, 5.74) is 0. The molecular weight excluding hydrogens is 272 g/mol. The molecule has 0 aliphatic rings. The average Bonchev–Trinajstić information content (AvgIpc) is 0. The van der Waals surface area contributed by atoms with Crippen molar-refractivity contribution in [3.05, 3.63) is 0 Å². The molecular formula is H5GdO4V. The van der Waals surface area contributed by atoms with E-state index in [1.807, 2.05) is 0 Å². The van der Waals surface area contributed by atoms with Crippen LogP contribution >= 0.6 is 0 Å². The van der Waals surface area contributed by atoms with Gasteiger partial charge < -0.3 is 21.9 Å². The Labute approximate surface area is 79.5 Å².